The summed E-state index contributed by atoms with van der Waals surface area (Å²) in [6.07, 6.45) is -9.11. The highest BCUT2D eigenvalue weighted by Gasteiger charge is 2.61. The lowest BCUT2D eigenvalue weighted by Crippen LogP contribution is -2.53. The van der Waals surface area contributed by atoms with E-state index < -0.39 is 68.5 Å². The molecule has 41 heavy (non-hydrogen) atoms. The summed E-state index contributed by atoms with van der Waals surface area (Å²) < 4.78 is 65.3. The third kappa shape index (κ3) is 6.24. The van der Waals surface area contributed by atoms with Crippen LogP contribution < -0.4 is 20.9 Å². The summed E-state index contributed by atoms with van der Waals surface area (Å²) in [6, 6.07) is 6.26. The Hall–Kier alpha value is -3.47. The Kier molecular flexibility index (Phi) is 8.77. The van der Waals surface area contributed by atoms with Gasteiger partial charge in [-0.1, -0.05) is 18.2 Å². The topological polar surface area (TPSA) is 213 Å². The average Bonchev–Trinajstić information content (AvgIpc) is 3.42. The number of hydrogen-bond acceptors (Lipinski definition) is 12. The predicted molar refractivity (Wildman–Crippen MR) is 138 cm³/mol. The van der Waals surface area contributed by atoms with Crippen molar-refractivity contribution in [3.8, 4) is 5.75 Å². The van der Waals surface area contributed by atoms with Crippen molar-refractivity contribution < 1.29 is 46.9 Å². The summed E-state index contributed by atoms with van der Waals surface area (Å²) in [4.78, 5) is 34.5. The summed E-state index contributed by atoms with van der Waals surface area (Å²) in [7, 11) is -4.66. The SMILES string of the molecule is CC(C)OC(=O)[C@H](C)N[P@](=O)(OC[C@@]1(C(F)F)O[C@@H](n2cnc3c(=O)[nH]c(N)nc32)[C@H](O)[C@@H]1O)Oc1ccccc1. The highest BCUT2D eigenvalue weighted by molar-refractivity contribution is 7.52. The first-order valence-electron chi connectivity index (χ1n) is 12.3. The zero-order valence-corrected chi connectivity index (χ0v) is 22.9. The van der Waals surface area contributed by atoms with Gasteiger partial charge in [0.25, 0.3) is 12.0 Å². The molecular weight excluding hydrogens is 573 g/mol. The van der Waals surface area contributed by atoms with Crippen LogP contribution in [0, 0.1) is 0 Å². The number of nitrogens with zero attached hydrogens (tertiary/aromatic N) is 3. The van der Waals surface area contributed by atoms with Gasteiger partial charge in [-0.3, -0.25) is 23.7 Å². The van der Waals surface area contributed by atoms with Crippen LogP contribution in [0.3, 0.4) is 0 Å². The third-order valence-corrected chi connectivity index (χ3v) is 7.66. The Morgan fingerprint density at radius 2 is 1.98 bits per heavy atom. The lowest BCUT2D eigenvalue weighted by molar-refractivity contribution is -0.191. The van der Waals surface area contributed by atoms with Gasteiger partial charge in [0.2, 0.25) is 5.95 Å². The van der Waals surface area contributed by atoms with Gasteiger partial charge in [-0.25, -0.2) is 18.3 Å². The number of benzene rings is 1. The van der Waals surface area contributed by atoms with E-state index >= 15 is 0 Å². The van der Waals surface area contributed by atoms with Crippen LogP contribution in [0.4, 0.5) is 14.7 Å². The first kappa shape index (κ1) is 30.5. The average molecular weight is 602 g/mol. The molecule has 0 saturated carbocycles. The molecule has 1 fully saturated rings. The fraction of sp³-hybridized carbons (Fsp3) is 0.478. The number of aliphatic hydroxyl groups is 2. The number of ether oxygens (including phenoxy) is 2. The predicted octanol–water partition coefficient (Wildman–Crippen LogP) is 1.09. The second-order valence-corrected chi connectivity index (χ2v) is 11.2. The number of nitrogens with two attached hydrogens (primary N) is 1. The molecule has 1 saturated heterocycles. The van der Waals surface area contributed by atoms with Gasteiger partial charge in [-0.2, -0.15) is 10.1 Å². The molecule has 0 radical (unpaired) electrons. The molecule has 0 bridgehead atoms. The number of carbonyl (C=O) groups is 1. The van der Waals surface area contributed by atoms with Crippen molar-refractivity contribution in [2.45, 2.75) is 63.4 Å². The quantitative estimate of drug-likeness (QED) is 0.154. The standard InChI is InChI=1S/C23H29F2N6O9P/c1-11(2)38-20(35)12(3)30-41(36,40-13-7-5-4-6-8-13)37-9-23(21(24)25)16(33)15(32)19(39-23)31-10-27-14-17(31)28-22(26)29-18(14)34/h4-8,10-12,15-16,19,21,32-33H,9H2,1-3H3,(H,30,36)(H3,26,28,29,34)/t12-,15+,16-,19+,23+,41-/m0/s1. The van der Waals surface area contributed by atoms with E-state index in [1.54, 1.807) is 32.0 Å². The smallest absolute Gasteiger partial charge is 0.459 e. The van der Waals surface area contributed by atoms with Gasteiger partial charge in [0.1, 0.15) is 24.0 Å². The van der Waals surface area contributed by atoms with Crippen molar-refractivity contribution >= 4 is 30.8 Å². The number of carbonyl (C=O) groups excluding carboxylic acids is 1. The molecule has 1 aliphatic rings. The number of aromatic nitrogens is 4. The first-order valence-corrected chi connectivity index (χ1v) is 13.8. The number of aliphatic hydroxyl groups excluding tert-OH is 2. The molecule has 0 amide bonds. The Labute approximate surface area is 231 Å². The number of rotatable bonds is 11. The molecular formula is C23H29F2N6O9P. The van der Waals surface area contributed by atoms with Gasteiger partial charge in [0.05, 0.1) is 19.0 Å². The van der Waals surface area contributed by atoms with Crippen molar-refractivity contribution in [1.82, 2.24) is 24.6 Å². The molecule has 3 aromatic rings. The van der Waals surface area contributed by atoms with E-state index in [-0.39, 0.29) is 22.9 Å². The minimum atomic E-state index is -4.66. The fourth-order valence-electron chi connectivity index (χ4n) is 4.04. The van der Waals surface area contributed by atoms with Crippen LogP contribution in [0.1, 0.15) is 27.0 Å². The van der Waals surface area contributed by atoms with Gasteiger partial charge in [0.15, 0.2) is 23.0 Å². The summed E-state index contributed by atoms with van der Waals surface area (Å²) in [6.45, 7) is 3.20. The number of para-hydroxylation sites is 1. The Balaban J connectivity index is 1.64. The second-order valence-electron chi connectivity index (χ2n) is 9.49. The van der Waals surface area contributed by atoms with Crippen LogP contribution in [0.25, 0.3) is 11.2 Å². The number of hydrogen-bond donors (Lipinski definition) is 5. The molecule has 2 aromatic heterocycles. The molecule has 0 unspecified atom stereocenters. The minimum Gasteiger partial charge on any atom is -0.462 e. The summed E-state index contributed by atoms with van der Waals surface area (Å²) in [5.41, 5.74) is 1.42. The van der Waals surface area contributed by atoms with Crippen molar-refractivity contribution in [2.24, 2.45) is 0 Å². The van der Waals surface area contributed by atoms with Gasteiger partial charge < -0.3 is 29.9 Å². The summed E-state index contributed by atoms with van der Waals surface area (Å²) in [5, 5.41) is 23.9. The van der Waals surface area contributed by atoms with E-state index in [0.29, 0.717) is 0 Å². The van der Waals surface area contributed by atoms with Crippen molar-refractivity contribution in [3.05, 3.63) is 47.0 Å². The van der Waals surface area contributed by atoms with E-state index in [9.17, 15) is 33.1 Å². The van der Waals surface area contributed by atoms with Crippen LogP contribution in [0.5, 0.6) is 5.75 Å². The largest absolute Gasteiger partial charge is 0.462 e. The number of nitrogen functional groups attached to an aromatic ring is 1. The van der Waals surface area contributed by atoms with Gasteiger partial charge in [-0.05, 0) is 32.9 Å². The molecule has 6 atom stereocenters. The van der Waals surface area contributed by atoms with Crippen LogP contribution >= 0.6 is 7.75 Å². The molecule has 1 aromatic carbocycles. The van der Waals surface area contributed by atoms with Crippen molar-refractivity contribution in [2.75, 3.05) is 12.3 Å². The molecule has 6 N–H and O–H groups in total. The normalized spacial score (nSPS) is 25.0. The van der Waals surface area contributed by atoms with Crippen LogP contribution in [0.15, 0.2) is 41.5 Å². The van der Waals surface area contributed by atoms with Gasteiger partial charge in [0, 0.05) is 0 Å². The number of anilines is 1. The number of nitrogens with one attached hydrogen (secondary N) is 2. The summed E-state index contributed by atoms with van der Waals surface area (Å²) in [5.74, 6) is -1.15. The van der Waals surface area contributed by atoms with E-state index in [1.165, 1.54) is 19.1 Å². The lowest BCUT2D eigenvalue weighted by atomic mass is 9.96. The lowest BCUT2D eigenvalue weighted by Gasteiger charge is -2.32. The Morgan fingerprint density at radius 3 is 2.61 bits per heavy atom. The zero-order chi connectivity index (χ0) is 30.1. The van der Waals surface area contributed by atoms with Gasteiger partial charge in [-0.15, -0.1) is 0 Å². The second kappa shape index (κ2) is 11.8. The van der Waals surface area contributed by atoms with Gasteiger partial charge >= 0.3 is 13.7 Å². The monoisotopic (exact) mass is 602 g/mol. The number of alkyl halides is 2. The maximum atomic E-state index is 14.6. The van der Waals surface area contributed by atoms with E-state index in [4.69, 9.17) is 24.3 Å². The van der Waals surface area contributed by atoms with Crippen molar-refractivity contribution in [3.63, 3.8) is 0 Å². The molecule has 18 heteroatoms. The summed E-state index contributed by atoms with van der Waals surface area (Å²) >= 11 is 0. The molecule has 3 heterocycles. The maximum absolute atomic E-state index is 14.6. The van der Waals surface area contributed by atoms with E-state index in [2.05, 4.69) is 20.0 Å². The Morgan fingerprint density at radius 1 is 1.29 bits per heavy atom. The van der Waals surface area contributed by atoms with Crippen molar-refractivity contribution in [1.29, 1.82) is 0 Å². The molecule has 1 aliphatic heterocycles. The molecule has 4 rings (SSSR count). The number of H-pyrrole nitrogens is 1. The molecule has 0 spiro atoms. The highest BCUT2D eigenvalue weighted by atomic mass is 31.2. The van der Waals surface area contributed by atoms with Crippen LogP contribution in [-0.4, -0.2) is 78.7 Å². The number of halogens is 2. The molecule has 0 aliphatic carbocycles. The van der Waals surface area contributed by atoms with E-state index in [1.807, 2.05) is 0 Å². The maximum Gasteiger partial charge on any atom is 0.459 e. The Bertz CT molecular complexity index is 1490. The van der Waals surface area contributed by atoms with E-state index in [0.717, 1.165) is 10.9 Å². The minimum absolute atomic E-state index is 0.00317. The number of aromatic amines is 1. The van der Waals surface area contributed by atoms with Crippen LogP contribution in [-0.2, 0) is 23.4 Å². The highest BCUT2D eigenvalue weighted by Crippen LogP contribution is 2.49. The number of esters is 1. The third-order valence-electron chi connectivity index (χ3n) is 6.04. The number of imidazole rings is 1. The molecule has 224 valence electrons. The first-order chi connectivity index (χ1) is 19.3. The zero-order valence-electron chi connectivity index (χ0n) is 22.0. The molecule has 15 nitrogen and oxygen atoms in total. The van der Waals surface area contributed by atoms with Crippen LogP contribution in [0.2, 0.25) is 0 Å². The fourth-order valence-corrected chi connectivity index (χ4v) is 5.57. The number of fused-ring (bicyclic) bond motifs is 1.